The Bertz CT molecular complexity index is 1340. The van der Waals surface area contributed by atoms with Crippen LogP contribution in [0.4, 0.5) is 5.69 Å². The maximum Gasteiger partial charge on any atom is 0.325 e. The van der Waals surface area contributed by atoms with E-state index in [-0.39, 0.29) is 24.9 Å². The van der Waals surface area contributed by atoms with Gasteiger partial charge < -0.3 is 26.0 Å². The molecule has 1 saturated heterocycles. The Balaban J connectivity index is 1.56. The highest BCUT2D eigenvalue weighted by molar-refractivity contribution is 6.05. The molecule has 1 aliphatic heterocycles. The Labute approximate surface area is 220 Å². The number of benzene rings is 2. The standard InChI is InChI=1S/C28H29N5O5/c1-38-25(34)17-31-27(36)24-6-3-13-33(24)28(37)20-5-2-4-18(14-20)23-15-19(7-8-21(23)16-29)26(35)32-22-9-11-30-12-10-22/h2,4-5,7-12,14-15,24H,3,6,13,16-17,29H2,1H3,(H,31,36)(H,30,32,35). The molecule has 0 radical (unpaired) electrons. The van der Waals surface area contributed by atoms with Crippen molar-refractivity contribution in [3.63, 3.8) is 0 Å². The number of carbonyl (C=O) groups excluding carboxylic acids is 4. The number of ether oxygens (including phenoxy) is 1. The lowest BCUT2D eigenvalue weighted by Gasteiger charge is -2.24. The van der Waals surface area contributed by atoms with Crippen molar-refractivity contribution in [2.75, 3.05) is 25.5 Å². The highest BCUT2D eigenvalue weighted by Gasteiger charge is 2.34. The minimum absolute atomic E-state index is 0.244. The molecule has 2 heterocycles. The predicted molar refractivity (Wildman–Crippen MR) is 141 cm³/mol. The summed E-state index contributed by atoms with van der Waals surface area (Å²) in [5.41, 5.74) is 9.73. The first-order chi connectivity index (χ1) is 18.4. The Hall–Kier alpha value is -4.57. The van der Waals surface area contributed by atoms with Gasteiger partial charge in [-0.15, -0.1) is 0 Å². The van der Waals surface area contributed by atoms with Crippen molar-refractivity contribution in [3.8, 4) is 11.1 Å². The number of methoxy groups -OCH3 is 1. The number of hydrogen-bond acceptors (Lipinski definition) is 7. The van der Waals surface area contributed by atoms with Crippen molar-refractivity contribution in [3.05, 3.63) is 83.7 Å². The molecule has 38 heavy (non-hydrogen) atoms. The van der Waals surface area contributed by atoms with E-state index in [4.69, 9.17) is 5.73 Å². The normalized spacial score (nSPS) is 14.6. The lowest BCUT2D eigenvalue weighted by molar-refractivity contribution is -0.141. The van der Waals surface area contributed by atoms with Gasteiger partial charge in [-0.3, -0.25) is 24.2 Å². The van der Waals surface area contributed by atoms with Crippen molar-refractivity contribution in [2.45, 2.75) is 25.4 Å². The molecule has 1 atom stereocenters. The lowest BCUT2D eigenvalue weighted by Crippen LogP contribution is -2.47. The highest BCUT2D eigenvalue weighted by Crippen LogP contribution is 2.28. The third-order valence-electron chi connectivity index (χ3n) is 6.40. The lowest BCUT2D eigenvalue weighted by atomic mass is 9.95. The molecule has 3 amide bonds. The third kappa shape index (κ3) is 6.04. The number of pyridine rings is 1. The van der Waals surface area contributed by atoms with Gasteiger partial charge in [-0.2, -0.15) is 0 Å². The summed E-state index contributed by atoms with van der Waals surface area (Å²) in [6.45, 7) is 0.419. The summed E-state index contributed by atoms with van der Waals surface area (Å²) in [6.07, 6.45) is 4.36. The molecule has 2 aromatic carbocycles. The molecule has 4 rings (SSSR count). The number of amides is 3. The zero-order chi connectivity index (χ0) is 27.1. The van der Waals surface area contributed by atoms with E-state index in [1.807, 2.05) is 6.07 Å². The molecular weight excluding hydrogens is 486 g/mol. The molecule has 0 saturated carbocycles. The summed E-state index contributed by atoms with van der Waals surface area (Å²) < 4.78 is 4.56. The second-order valence-corrected chi connectivity index (χ2v) is 8.80. The van der Waals surface area contributed by atoms with Crippen molar-refractivity contribution < 1.29 is 23.9 Å². The molecule has 3 aromatic rings. The van der Waals surface area contributed by atoms with Crippen LogP contribution < -0.4 is 16.4 Å². The van der Waals surface area contributed by atoms with Gasteiger partial charge >= 0.3 is 5.97 Å². The Morgan fingerprint density at radius 3 is 2.58 bits per heavy atom. The predicted octanol–water partition coefficient (Wildman–Crippen LogP) is 2.35. The molecule has 1 unspecified atom stereocenters. The first kappa shape index (κ1) is 26.5. The number of anilines is 1. The third-order valence-corrected chi connectivity index (χ3v) is 6.40. The van der Waals surface area contributed by atoms with Gasteiger partial charge in [-0.25, -0.2) is 0 Å². The number of nitrogens with two attached hydrogens (primary N) is 1. The summed E-state index contributed by atoms with van der Waals surface area (Å²) in [5, 5.41) is 5.38. The van der Waals surface area contributed by atoms with Gasteiger partial charge in [-0.1, -0.05) is 18.2 Å². The Kier molecular flexibility index (Phi) is 8.44. The molecular formula is C28H29N5O5. The number of aromatic nitrogens is 1. The molecule has 0 bridgehead atoms. The van der Waals surface area contributed by atoms with Crippen LogP contribution in [0.25, 0.3) is 11.1 Å². The molecule has 1 aliphatic rings. The van der Waals surface area contributed by atoms with Crippen LogP contribution in [-0.2, 0) is 20.9 Å². The van der Waals surface area contributed by atoms with E-state index in [1.165, 1.54) is 12.0 Å². The van der Waals surface area contributed by atoms with Crippen LogP contribution in [-0.4, -0.2) is 59.8 Å². The maximum atomic E-state index is 13.4. The van der Waals surface area contributed by atoms with E-state index in [2.05, 4.69) is 20.4 Å². The molecule has 10 heteroatoms. The average molecular weight is 516 g/mol. The van der Waals surface area contributed by atoms with Crippen LogP contribution in [0.5, 0.6) is 0 Å². The Morgan fingerprint density at radius 1 is 1.05 bits per heavy atom. The van der Waals surface area contributed by atoms with Crippen LogP contribution in [0.15, 0.2) is 67.0 Å². The van der Waals surface area contributed by atoms with Gasteiger partial charge in [0.25, 0.3) is 11.8 Å². The number of hydrogen-bond donors (Lipinski definition) is 3. The van der Waals surface area contributed by atoms with Crippen molar-refractivity contribution >= 4 is 29.4 Å². The van der Waals surface area contributed by atoms with E-state index in [0.717, 1.165) is 16.7 Å². The van der Waals surface area contributed by atoms with Gasteiger partial charge in [0.05, 0.1) is 7.11 Å². The van der Waals surface area contributed by atoms with Gasteiger partial charge in [-0.05, 0) is 65.9 Å². The van der Waals surface area contributed by atoms with Crippen LogP contribution in [0.1, 0.15) is 39.1 Å². The van der Waals surface area contributed by atoms with Crippen LogP contribution in [0, 0.1) is 0 Å². The van der Waals surface area contributed by atoms with Crippen molar-refractivity contribution in [1.82, 2.24) is 15.2 Å². The van der Waals surface area contributed by atoms with Gasteiger partial charge in [0, 0.05) is 42.3 Å². The highest BCUT2D eigenvalue weighted by atomic mass is 16.5. The van der Waals surface area contributed by atoms with E-state index in [1.54, 1.807) is 60.9 Å². The maximum absolute atomic E-state index is 13.4. The summed E-state index contributed by atoms with van der Waals surface area (Å²) in [7, 11) is 1.24. The van der Waals surface area contributed by atoms with E-state index >= 15 is 0 Å². The Morgan fingerprint density at radius 2 is 1.84 bits per heavy atom. The number of rotatable bonds is 8. The van der Waals surface area contributed by atoms with Crippen LogP contribution in [0.2, 0.25) is 0 Å². The van der Waals surface area contributed by atoms with Gasteiger partial charge in [0.1, 0.15) is 12.6 Å². The van der Waals surface area contributed by atoms with E-state index in [9.17, 15) is 19.2 Å². The van der Waals surface area contributed by atoms with Crippen molar-refractivity contribution in [2.24, 2.45) is 5.73 Å². The quantitative estimate of drug-likeness (QED) is 0.391. The summed E-state index contributed by atoms with van der Waals surface area (Å²) in [4.78, 5) is 55.8. The van der Waals surface area contributed by atoms with Crippen LogP contribution >= 0.6 is 0 Å². The number of carbonyl (C=O) groups is 4. The molecule has 1 fully saturated rings. The smallest absolute Gasteiger partial charge is 0.325 e. The summed E-state index contributed by atoms with van der Waals surface area (Å²) >= 11 is 0. The number of nitrogens with zero attached hydrogens (tertiary/aromatic N) is 2. The molecule has 1 aromatic heterocycles. The number of nitrogens with one attached hydrogen (secondary N) is 2. The monoisotopic (exact) mass is 515 g/mol. The topological polar surface area (TPSA) is 144 Å². The summed E-state index contributed by atoms with van der Waals surface area (Å²) in [5.74, 6) is -1.53. The fourth-order valence-corrected chi connectivity index (χ4v) is 4.42. The van der Waals surface area contributed by atoms with E-state index < -0.39 is 17.9 Å². The number of likely N-dealkylation sites (tertiary alicyclic amines) is 1. The SMILES string of the molecule is COC(=O)CNC(=O)C1CCCN1C(=O)c1cccc(-c2cc(C(=O)Nc3ccncc3)ccc2CN)c1. The second-order valence-electron chi connectivity index (χ2n) is 8.80. The minimum Gasteiger partial charge on any atom is -0.468 e. The van der Waals surface area contributed by atoms with Crippen LogP contribution in [0.3, 0.4) is 0 Å². The van der Waals surface area contributed by atoms with Gasteiger partial charge in [0.2, 0.25) is 5.91 Å². The first-order valence-corrected chi connectivity index (χ1v) is 12.2. The zero-order valence-corrected chi connectivity index (χ0v) is 21.0. The van der Waals surface area contributed by atoms with E-state index in [0.29, 0.717) is 36.2 Å². The molecule has 0 spiro atoms. The molecule has 4 N–H and O–H groups in total. The average Bonchev–Trinajstić information content (AvgIpc) is 3.45. The molecule has 196 valence electrons. The summed E-state index contributed by atoms with van der Waals surface area (Å²) in [6, 6.07) is 15.0. The molecule has 0 aliphatic carbocycles. The first-order valence-electron chi connectivity index (χ1n) is 12.2. The zero-order valence-electron chi connectivity index (χ0n) is 21.0. The molecule has 10 nitrogen and oxygen atoms in total. The minimum atomic E-state index is -0.671. The number of esters is 1. The second kappa shape index (κ2) is 12.1. The fourth-order valence-electron chi connectivity index (χ4n) is 4.42. The largest absolute Gasteiger partial charge is 0.468 e. The van der Waals surface area contributed by atoms with Crippen molar-refractivity contribution in [1.29, 1.82) is 0 Å². The van der Waals surface area contributed by atoms with Gasteiger partial charge in [0.15, 0.2) is 0 Å². The fraction of sp³-hybridized carbons (Fsp3) is 0.250.